The molecule has 2 N–H and O–H groups in total. The van der Waals surface area contributed by atoms with Crippen LogP contribution in [0.5, 0.6) is 0 Å². The molecular weight excluding hydrogens is 429 g/mol. The predicted octanol–water partition coefficient (Wildman–Crippen LogP) is 3.82. The van der Waals surface area contributed by atoms with Crippen molar-refractivity contribution in [1.82, 2.24) is 4.90 Å². The number of methoxy groups -OCH3 is 1. The second kappa shape index (κ2) is 9.93. The lowest BCUT2D eigenvalue weighted by Crippen LogP contribution is -2.43. The Hall–Kier alpha value is -2.61. The number of anilines is 2. The highest BCUT2D eigenvalue weighted by Crippen LogP contribution is 2.27. The maximum atomic E-state index is 12.9. The summed E-state index contributed by atoms with van der Waals surface area (Å²) in [5.74, 6) is -0.874. The van der Waals surface area contributed by atoms with Gasteiger partial charge in [0, 0.05) is 30.1 Å². The van der Waals surface area contributed by atoms with E-state index in [0.29, 0.717) is 40.8 Å². The molecule has 0 bridgehead atoms. The highest BCUT2D eigenvalue weighted by atomic mass is 35.5. The third-order valence-corrected chi connectivity index (χ3v) is 5.25. The standard InChI is InChI=1S/C21H21Cl2N3O4/c1-30-12-19(27)24-14-5-7-15(8-6-14)25-20(28)18-3-2-10-26(18)21(29)16-11-13(22)4-9-17(16)23/h4-9,11,18H,2-3,10,12H2,1H3,(H,24,27)(H,25,28). The van der Waals surface area contributed by atoms with Crippen molar-refractivity contribution >= 4 is 52.3 Å². The van der Waals surface area contributed by atoms with Gasteiger partial charge in [-0.3, -0.25) is 14.4 Å². The van der Waals surface area contributed by atoms with Crippen molar-refractivity contribution in [1.29, 1.82) is 0 Å². The molecule has 30 heavy (non-hydrogen) atoms. The minimum atomic E-state index is -0.603. The monoisotopic (exact) mass is 449 g/mol. The summed E-state index contributed by atoms with van der Waals surface area (Å²) in [5, 5.41) is 6.19. The Balaban J connectivity index is 1.66. The molecule has 158 valence electrons. The third-order valence-electron chi connectivity index (χ3n) is 4.69. The number of nitrogens with one attached hydrogen (secondary N) is 2. The van der Waals surface area contributed by atoms with E-state index < -0.39 is 6.04 Å². The zero-order valence-corrected chi connectivity index (χ0v) is 17.8. The summed E-state index contributed by atoms with van der Waals surface area (Å²) in [6, 6.07) is 10.8. The summed E-state index contributed by atoms with van der Waals surface area (Å²) in [5.41, 5.74) is 1.42. The van der Waals surface area contributed by atoms with Crippen LogP contribution in [-0.4, -0.2) is 48.9 Å². The van der Waals surface area contributed by atoms with E-state index in [2.05, 4.69) is 10.6 Å². The lowest BCUT2D eigenvalue weighted by Gasteiger charge is -2.24. The molecule has 2 aromatic carbocycles. The first-order valence-electron chi connectivity index (χ1n) is 9.35. The molecule has 1 unspecified atom stereocenters. The molecule has 2 aromatic rings. The van der Waals surface area contributed by atoms with Gasteiger partial charge in [-0.1, -0.05) is 23.2 Å². The van der Waals surface area contributed by atoms with Gasteiger partial charge in [0.2, 0.25) is 11.8 Å². The van der Waals surface area contributed by atoms with E-state index in [-0.39, 0.29) is 29.9 Å². The molecule has 0 spiro atoms. The molecule has 1 heterocycles. The van der Waals surface area contributed by atoms with E-state index in [1.165, 1.54) is 18.1 Å². The molecular formula is C21H21Cl2N3O4. The number of ether oxygens (including phenoxy) is 1. The van der Waals surface area contributed by atoms with Gasteiger partial charge in [0.25, 0.3) is 5.91 Å². The molecule has 0 aromatic heterocycles. The Morgan fingerprint density at radius 1 is 1.07 bits per heavy atom. The highest BCUT2D eigenvalue weighted by Gasteiger charge is 2.35. The van der Waals surface area contributed by atoms with Gasteiger partial charge in [0.05, 0.1) is 10.6 Å². The SMILES string of the molecule is COCC(=O)Nc1ccc(NC(=O)C2CCCN2C(=O)c2cc(Cl)ccc2Cl)cc1. The van der Waals surface area contributed by atoms with Crippen LogP contribution in [0, 0.1) is 0 Å². The minimum absolute atomic E-state index is 0.0410. The maximum Gasteiger partial charge on any atom is 0.256 e. The molecule has 0 aliphatic carbocycles. The van der Waals surface area contributed by atoms with Crippen LogP contribution in [0.1, 0.15) is 23.2 Å². The van der Waals surface area contributed by atoms with Crippen molar-refractivity contribution < 1.29 is 19.1 Å². The number of benzene rings is 2. The molecule has 3 amide bonds. The van der Waals surface area contributed by atoms with Crippen molar-refractivity contribution in [2.24, 2.45) is 0 Å². The van der Waals surface area contributed by atoms with Crippen molar-refractivity contribution in [3.8, 4) is 0 Å². The number of nitrogens with zero attached hydrogens (tertiary/aromatic N) is 1. The predicted molar refractivity (Wildman–Crippen MR) is 116 cm³/mol. The van der Waals surface area contributed by atoms with Gasteiger partial charge >= 0.3 is 0 Å². The molecule has 1 atom stereocenters. The van der Waals surface area contributed by atoms with E-state index in [4.69, 9.17) is 27.9 Å². The van der Waals surface area contributed by atoms with Gasteiger partial charge in [-0.15, -0.1) is 0 Å². The first kappa shape index (κ1) is 22.1. The van der Waals surface area contributed by atoms with Crippen molar-refractivity contribution in [3.05, 3.63) is 58.1 Å². The van der Waals surface area contributed by atoms with E-state index >= 15 is 0 Å². The molecule has 9 heteroatoms. The topological polar surface area (TPSA) is 87.7 Å². The number of carbonyl (C=O) groups is 3. The Morgan fingerprint density at radius 2 is 1.73 bits per heavy atom. The number of carbonyl (C=O) groups excluding carboxylic acids is 3. The van der Waals surface area contributed by atoms with Gasteiger partial charge in [0.15, 0.2) is 0 Å². The lowest BCUT2D eigenvalue weighted by atomic mass is 10.1. The molecule has 1 fully saturated rings. The number of rotatable bonds is 6. The van der Waals surface area contributed by atoms with Crippen LogP contribution in [0.25, 0.3) is 0 Å². The van der Waals surface area contributed by atoms with Gasteiger partial charge in [-0.2, -0.15) is 0 Å². The lowest BCUT2D eigenvalue weighted by molar-refractivity contribution is -0.120. The van der Waals surface area contributed by atoms with Crippen LogP contribution in [0.3, 0.4) is 0 Å². The second-order valence-electron chi connectivity index (χ2n) is 6.83. The van der Waals surface area contributed by atoms with Gasteiger partial charge in [-0.05, 0) is 55.3 Å². The van der Waals surface area contributed by atoms with Gasteiger partial charge in [0.1, 0.15) is 12.6 Å². The van der Waals surface area contributed by atoms with E-state index in [1.54, 1.807) is 36.4 Å². The molecule has 0 radical (unpaired) electrons. The fraction of sp³-hybridized carbons (Fsp3) is 0.286. The van der Waals surface area contributed by atoms with Crippen LogP contribution in [-0.2, 0) is 14.3 Å². The van der Waals surface area contributed by atoms with Crippen LogP contribution < -0.4 is 10.6 Å². The molecule has 1 saturated heterocycles. The van der Waals surface area contributed by atoms with E-state index in [0.717, 1.165) is 0 Å². The van der Waals surface area contributed by atoms with Crippen LogP contribution in [0.15, 0.2) is 42.5 Å². The summed E-state index contributed by atoms with van der Waals surface area (Å²) in [6.07, 6.45) is 1.27. The van der Waals surface area contributed by atoms with Crippen LogP contribution in [0.2, 0.25) is 10.0 Å². The van der Waals surface area contributed by atoms with Crippen molar-refractivity contribution in [2.45, 2.75) is 18.9 Å². The molecule has 1 aliphatic heterocycles. The fourth-order valence-electron chi connectivity index (χ4n) is 3.29. The molecule has 0 saturated carbocycles. The number of halogens is 2. The smallest absolute Gasteiger partial charge is 0.256 e. The quantitative estimate of drug-likeness (QED) is 0.701. The summed E-state index contributed by atoms with van der Waals surface area (Å²) < 4.78 is 4.77. The highest BCUT2D eigenvalue weighted by molar-refractivity contribution is 6.35. The number of hydrogen-bond donors (Lipinski definition) is 2. The number of amides is 3. The van der Waals surface area contributed by atoms with E-state index in [1.807, 2.05) is 0 Å². The Bertz CT molecular complexity index is 950. The Kier molecular flexibility index (Phi) is 7.31. The largest absolute Gasteiger partial charge is 0.375 e. The minimum Gasteiger partial charge on any atom is -0.375 e. The number of hydrogen-bond acceptors (Lipinski definition) is 4. The van der Waals surface area contributed by atoms with Gasteiger partial charge in [-0.25, -0.2) is 0 Å². The first-order chi connectivity index (χ1) is 14.4. The third kappa shape index (κ3) is 5.30. The van der Waals surface area contributed by atoms with Gasteiger partial charge < -0.3 is 20.3 Å². The normalized spacial score (nSPS) is 15.7. The first-order valence-corrected chi connectivity index (χ1v) is 10.1. The average molecular weight is 450 g/mol. The van der Waals surface area contributed by atoms with Crippen LogP contribution >= 0.6 is 23.2 Å². The second-order valence-corrected chi connectivity index (χ2v) is 7.67. The summed E-state index contributed by atoms with van der Waals surface area (Å²) in [6.45, 7) is 0.422. The average Bonchev–Trinajstić information content (AvgIpc) is 3.21. The maximum absolute atomic E-state index is 12.9. The molecule has 1 aliphatic rings. The Labute approximate surface area is 184 Å². The summed E-state index contributed by atoms with van der Waals surface area (Å²) in [4.78, 5) is 38.8. The summed E-state index contributed by atoms with van der Waals surface area (Å²) >= 11 is 12.1. The zero-order chi connectivity index (χ0) is 21.7. The van der Waals surface area contributed by atoms with Crippen LogP contribution in [0.4, 0.5) is 11.4 Å². The number of likely N-dealkylation sites (tertiary alicyclic amines) is 1. The Morgan fingerprint density at radius 3 is 2.40 bits per heavy atom. The zero-order valence-electron chi connectivity index (χ0n) is 16.3. The molecule has 3 rings (SSSR count). The fourth-order valence-corrected chi connectivity index (χ4v) is 3.66. The van der Waals surface area contributed by atoms with Crippen molar-refractivity contribution in [3.63, 3.8) is 0 Å². The molecule has 7 nitrogen and oxygen atoms in total. The summed E-state index contributed by atoms with van der Waals surface area (Å²) in [7, 11) is 1.44. The van der Waals surface area contributed by atoms with E-state index in [9.17, 15) is 14.4 Å². The van der Waals surface area contributed by atoms with Crippen molar-refractivity contribution in [2.75, 3.05) is 30.9 Å².